The van der Waals surface area contributed by atoms with Crippen LogP contribution in [0.3, 0.4) is 0 Å². The number of nitrogens with zero attached hydrogens (tertiary/aromatic N) is 5. The fraction of sp³-hybridized carbons (Fsp3) is 0.606. The number of nitriles is 1. The zero-order valence-corrected chi connectivity index (χ0v) is 25.8. The number of likely N-dealkylation sites (tertiary alicyclic amines) is 3. The molecule has 3 amide bonds. The third-order valence-corrected chi connectivity index (χ3v) is 9.20. The average molecular weight is 603 g/mol. The number of piperidine rings is 2. The Balaban J connectivity index is 0.954. The molecule has 0 radical (unpaired) electrons. The second kappa shape index (κ2) is 12.2. The van der Waals surface area contributed by atoms with E-state index in [1.54, 1.807) is 17.2 Å². The molecular weight excluding hydrogens is 560 g/mol. The van der Waals surface area contributed by atoms with E-state index in [9.17, 15) is 19.6 Å². The topological polar surface area (TPSA) is 128 Å². The molecule has 3 aliphatic heterocycles. The number of aromatic nitrogens is 1. The maximum absolute atomic E-state index is 13.1. The van der Waals surface area contributed by atoms with Gasteiger partial charge in [-0.05, 0) is 82.6 Å². The Morgan fingerprint density at radius 2 is 1.86 bits per heavy atom. The van der Waals surface area contributed by atoms with Crippen LogP contribution in [0.25, 0.3) is 10.9 Å². The zero-order chi connectivity index (χ0) is 31.0. The number of pyridine rings is 1. The zero-order valence-electron chi connectivity index (χ0n) is 25.8. The lowest BCUT2D eigenvalue weighted by Gasteiger charge is -2.42. The Bertz CT molecular complexity index is 1450. The predicted octanol–water partition coefficient (Wildman–Crippen LogP) is 3.44. The number of benzene rings is 1. The van der Waals surface area contributed by atoms with Gasteiger partial charge in [-0.15, -0.1) is 0 Å². The maximum atomic E-state index is 13.1. The maximum Gasteiger partial charge on any atom is 0.410 e. The number of rotatable bonds is 8. The lowest BCUT2D eigenvalue weighted by atomic mass is 9.93. The van der Waals surface area contributed by atoms with Crippen LogP contribution in [0.5, 0.6) is 5.75 Å². The third kappa shape index (κ3) is 6.75. The first-order valence-electron chi connectivity index (χ1n) is 15.8. The molecule has 3 saturated heterocycles. The molecule has 4 heterocycles. The fourth-order valence-electron chi connectivity index (χ4n) is 6.82. The summed E-state index contributed by atoms with van der Waals surface area (Å²) in [5, 5.41) is 12.8. The van der Waals surface area contributed by atoms with Crippen LogP contribution in [0.15, 0.2) is 30.5 Å². The van der Waals surface area contributed by atoms with Crippen LogP contribution in [-0.2, 0) is 9.53 Å². The number of carbonyl (C=O) groups is 3. The minimum atomic E-state index is -0.470. The second-order valence-electron chi connectivity index (χ2n) is 13.8. The highest BCUT2D eigenvalue weighted by atomic mass is 16.6. The van der Waals surface area contributed by atoms with Crippen molar-refractivity contribution in [2.45, 2.75) is 64.1 Å². The monoisotopic (exact) mass is 602 g/mol. The van der Waals surface area contributed by atoms with E-state index in [1.165, 1.54) is 0 Å². The molecule has 2 aromatic rings. The molecule has 6 rings (SSSR count). The smallest absolute Gasteiger partial charge is 0.410 e. The number of hydrogen-bond donors (Lipinski definition) is 1. The molecule has 11 heteroatoms. The summed E-state index contributed by atoms with van der Waals surface area (Å²) in [6, 6.07) is 9.19. The standard InChI is InChI=1S/C33H42N6O5/c1-33(2,3)44-32(42)38-10-7-21(8-11-38)17-37-18-22(19-37)20-43-25-4-5-28-27(14-25)26(6-9-35-28)31(41)36-16-30(40)39-24(15-34)12-23-13-29(23)39/h4-6,9,14,21-24,29H,7-8,10-13,16-20H2,1-3H3,(H,36,41)/t23-,24+,29+/m1/s1. The molecule has 1 aliphatic carbocycles. The largest absolute Gasteiger partial charge is 0.493 e. The van der Waals surface area contributed by atoms with E-state index in [-0.39, 0.29) is 30.5 Å². The Labute approximate surface area is 258 Å². The molecule has 1 N–H and O–H groups in total. The molecule has 1 aromatic heterocycles. The lowest BCUT2D eigenvalue weighted by Crippen LogP contribution is -2.52. The quantitative estimate of drug-likeness (QED) is 0.487. The Morgan fingerprint density at radius 1 is 1.09 bits per heavy atom. The van der Waals surface area contributed by atoms with Crippen molar-refractivity contribution < 1.29 is 23.9 Å². The van der Waals surface area contributed by atoms with Gasteiger partial charge in [-0.1, -0.05) is 0 Å². The van der Waals surface area contributed by atoms with E-state index in [0.29, 0.717) is 46.6 Å². The molecule has 0 unspecified atom stereocenters. The Morgan fingerprint density at radius 3 is 2.59 bits per heavy atom. The molecular formula is C33H42N6O5. The second-order valence-corrected chi connectivity index (χ2v) is 13.8. The minimum absolute atomic E-state index is 0.138. The van der Waals surface area contributed by atoms with Gasteiger partial charge in [-0.2, -0.15) is 5.26 Å². The van der Waals surface area contributed by atoms with Crippen LogP contribution in [0.4, 0.5) is 4.79 Å². The first-order valence-corrected chi connectivity index (χ1v) is 15.8. The van der Waals surface area contributed by atoms with E-state index in [4.69, 9.17) is 9.47 Å². The summed E-state index contributed by atoms with van der Waals surface area (Å²) in [5.41, 5.74) is 0.639. The highest BCUT2D eigenvalue weighted by Crippen LogP contribution is 2.47. The summed E-state index contributed by atoms with van der Waals surface area (Å²) in [4.78, 5) is 48.6. The van der Waals surface area contributed by atoms with Gasteiger partial charge >= 0.3 is 6.09 Å². The van der Waals surface area contributed by atoms with Crippen molar-refractivity contribution in [2.75, 3.05) is 45.9 Å². The van der Waals surface area contributed by atoms with Gasteiger partial charge in [0.25, 0.3) is 5.91 Å². The number of hydrogen-bond acceptors (Lipinski definition) is 8. The first-order chi connectivity index (χ1) is 21.1. The summed E-state index contributed by atoms with van der Waals surface area (Å²) < 4.78 is 11.7. The van der Waals surface area contributed by atoms with Crippen LogP contribution >= 0.6 is 0 Å². The molecule has 44 heavy (non-hydrogen) atoms. The van der Waals surface area contributed by atoms with Gasteiger partial charge in [0, 0.05) is 56.3 Å². The summed E-state index contributed by atoms with van der Waals surface area (Å²) in [6.07, 6.45) is 5.04. The number of ether oxygens (including phenoxy) is 2. The van der Waals surface area contributed by atoms with Gasteiger partial charge in [0.05, 0.1) is 30.3 Å². The van der Waals surface area contributed by atoms with Crippen molar-refractivity contribution in [1.82, 2.24) is 25.0 Å². The van der Waals surface area contributed by atoms with Crippen LogP contribution < -0.4 is 10.1 Å². The van der Waals surface area contributed by atoms with Gasteiger partial charge in [0.2, 0.25) is 5.91 Å². The summed E-state index contributed by atoms with van der Waals surface area (Å²) in [7, 11) is 0. The van der Waals surface area contributed by atoms with Crippen molar-refractivity contribution in [3.8, 4) is 11.8 Å². The highest BCUT2D eigenvalue weighted by molar-refractivity contribution is 6.07. The molecule has 1 aromatic carbocycles. The van der Waals surface area contributed by atoms with E-state index in [0.717, 1.165) is 58.4 Å². The molecule has 11 nitrogen and oxygen atoms in total. The molecule has 3 atom stereocenters. The SMILES string of the molecule is CC(C)(C)OC(=O)N1CCC(CN2CC(COc3ccc4nccc(C(=O)NCC(=O)N5[C@H](C#N)C[C@@H]6C[C@@H]65)c4c3)C2)CC1. The first kappa shape index (κ1) is 30.1. The lowest BCUT2D eigenvalue weighted by molar-refractivity contribution is -0.131. The number of nitrogens with one attached hydrogen (secondary N) is 1. The van der Waals surface area contributed by atoms with Crippen molar-refractivity contribution >= 4 is 28.8 Å². The molecule has 234 valence electrons. The van der Waals surface area contributed by atoms with Crippen molar-refractivity contribution in [2.24, 2.45) is 17.8 Å². The van der Waals surface area contributed by atoms with Gasteiger partial charge in [-0.3, -0.25) is 14.6 Å². The minimum Gasteiger partial charge on any atom is -0.493 e. The van der Waals surface area contributed by atoms with E-state index in [1.807, 2.05) is 43.9 Å². The Hall–Kier alpha value is -3.91. The van der Waals surface area contributed by atoms with Crippen LogP contribution in [0.2, 0.25) is 0 Å². The molecule has 1 saturated carbocycles. The molecule has 4 aliphatic rings. The van der Waals surface area contributed by atoms with Crippen LogP contribution in [0, 0.1) is 29.1 Å². The summed E-state index contributed by atoms with van der Waals surface area (Å²) in [5.74, 6) is 1.56. The number of fused-ring (bicyclic) bond motifs is 2. The molecule has 0 bridgehead atoms. The van der Waals surface area contributed by atoms with E-state index >= 15 is 0 Å². The Kier molecular flexibility index (Phi) is 8.38. The average Bonchev–Trinajstić information content (AvgIpc) is 3.64. The summed E-state index contributed by atoms with van der Waals surface area (Å²) in [6.45, 7) is 10.6. The third-order valence-electron chi connectivity index (χ3n) is 9.20. The number of carbonyl (C=O) groups excluding carboxylic acids is 3. The van der Waals surface area contributed by atoms with Gasteiger partial charge < -0.3 is 29.5 Å². The van der Waals surface area contributed by atoms with Gasteiger partial charge in [0.15, 0.2) is 0 Å². The van der Waals surface area contributed by atoms with Crippen LogP contribution in [0.1, 0.15) is 56.8 Å². The van der Waals surface area contributed by atoms with Crippen molar-refractivity contribution in [1.29, 1.82) is 5.26 Å². The fourth-order valence-corrected chi connectivity index (χ4v) is 6.82. The predicted molar refractivity (Wildman–Crippen MR) is 163 cm³/mol. The van der Waals surface area contributed by atoms with E-state index < -0.39 is 11.6 Å². The number of amides is 3. The highest BCUT2D eigenvalue weighted by Gasteiger charge is 2.54. The molecule has 0 spiro atoms. The van der Waals surface area contributed by atoms with Crippen molar-refractivity contribution in [3.63, 3.8) is 0 Å². The van der Waals surface area contributed by atoms with Gasteiger partial charge in [-0.25, -0.2) is 4.79 Å². The summed E-state index contributed by atoms with van der Waals surface area (Å²) >= 11 is 0. The van der Waals surface area contributed by atoms with Crippen LogP contribution in [-0.4, -0.2) is 101 Å². The van der Waals surface area contributed by atoms with Crippen molar-refractivity contribution in [3.05, 3.63) is 36.0 Å². The van der Waals surface area contributed by atoms with Gasteiger partial charge in [0.1, 0.15) is 17.4 Å². The molecule has 4 fully saturated rings. The van der Waals surface area contributed by atoms with E-state index in [2.05, 4.69) is 21.3 Å². The normalized spacial score (nSPS) is 23.9.